The van der Waals surface area contributed by atoms with Gasteiger partial charge in [-0.1, -0.05) is 63.6 Å². The van der Waals surface area contributed by atoms with Crippen LogP contribution in [0.15, 0.2) is 76.2 Å². The number of hydrogen-bond donors (Lipinski definition) is 0. The van der Waals surface area contributed by atoms with Crippen molar-refractivity contribution in [3.05, 3.63) is 88.1 Å². The molecule has 4 rings (SSSR count). The number of halogens is 1. The summed E-state index contributed by atoms with van der Waals surface area (Å²) in [6.07, 6.45) is 1.84. The highest BCUT2D eigenvalue weighted by atomic mass is 79.9. The lowest BCUT2D eigenvalue weighted by Crippen LogP contribution is -2.07. The first-order valence-electron chi connectivity index (χ1n) is 9.68. The molecule has 0 aliphatic heterocycles. The Morgan fingerprint density at radius 1 is 1.13 bits per heavy atom. The number of nitrogens with zero attached hydrogens (tertiary/aromatic N) is 4. The van der Waals surface area contributed by atoms with E-state index < -0.39 is 0 Å². The van der Waals surface area contributed by atoms with Gasteiger partial charge in [-0.3, -0.25) is 4.57 Å². The molecule has 8 heteroatoms. The van der Waals surface area contributed by atoms with Crippen LogP contribution in [0.2, 0.25) is 0 Å². The molecule has 0 amide bonds. The van der Waals surface area contributed by atoms with Gasteiger partial charge in [-0.2, -0.15) is 0 Å². The number of hydrogen-bond acceptors (Lipinski definition) is 6. The molecule has 2 aromatic heterocycles. The van der Waals surface area contributed by atoms with E-state index in [4.69, 9.17) is 9.72 Å². The Hall–Kier alpha value is -2.42. The molecule has 2 heterocycles. The molecule has 0 N–H and O–H groups in total. The smallest absolute Gasteiger partial charge is 0.191 e. The summed E-state index contributed by atoms with van der Waals surface area (Å²) in [4.78, 5) is 4.78. The van der Waals surface area contributed by atoms with E-state index in [2.05, 4.69) is 69.3 Å². The van der Waals surface area contributed by atoms with E-state index in [-0.39, 0.29) is 0 Å². The third-order valence-corrected chi connectivity index (χ3v) is 6.96. The summed E-state index contributed by atoms with van der Waals surface area (Å²) in [6, 6.07) is 16.2. The third-order valence-electron chi connectivity index (χ3n) is 4.49. The van der Waals surface area contributed by atoms with Gasteiger partial charge in [0, 0.05) is 27.7 Å². The van der Waals surface area contributed by atoms with Crippen molar-refractivity contribution < 1.29 is 4.74 Å². The summed E-state index contributed by atoms with van der Waals surface area (Å²) in [7, 11) is 0. The Kier molecular flexibility index (Phi) is 7.21. The minimum absolute atomic E-state index is 0.345. The average Bonchev–Trinajstić information content (AvgIpc) is 3.40. The Balaban J connectivity index is 1.42. The van der Waals surface area contributed by atoms with Crippen molar-refractivity contribution in [1.82, 2.24) is 19.7 Å². The molecule has 31 heavy (non-hydrogen) atoms. The van der Waals surface area contributed by atoms with E-state index in [0.29, 0.717) is 13.2 Å². The van der Waals surface area contributed by atoms with Gasteiger partial charge in [0.25, 0.3) is 0 Å². The molecule has 0 aliphatic rings. The number of allylic oxidation sites excluding steroid dienone is 1. The van der Waals surface area contributed by atoms with Crippen LogP contribution >= 0.6 is 39.0 Å². The van der Waals surface area contributed by atoms with Gasteiger partial charge in [-0.05, 0) is 31.2 Å². The fourth-order valence-electron chi connectivity index (χ4n) is 2.86. The summed E-state index contributed by atoms with van der Waals surface area (Å²) >= 11 is 6.71. The molecule has 2 aromatic carbocycles. The van der Waals surface area contributed by atoms with E-state index in [1.807, 2.05) is 34.9 Å². The van der Waals surface area contributed by atoms with Gasteiger partial charge >= 0.3 is 0 Å². The topological polar surface area (TPSA) is 52.8 Å². The molecule has 0 spiro atoms. The summed E-state index contributed by atoms with van der Waals surface area (Å²) in [6.45, 7) is 6.92. The number of rotatable bonds is 9. The van der Waals surface area contributed by atoms with E-state index in [0.717, 1.165) is 43.2 Å². The maximum absolute atomic E-state index is 5.87. The van der Waals surface area contributed by atoms with E-state index in [9.17, 15) is 0 Å². The molecule has 5 nitrogen and oxygen atoms in total. The van der Waals surface area contributed by atoms with E-state index in [1.165, 1.54) is 5.56 Å². The lowest BCUT2D eigenvalue weighted by Gasteiger charge is -2.09. The highest BCUT2D eigenvalue weighted by Crippen LogP contribution is 2.28. The van der Waals surface area contributed by atoms with Crippen molar-refractivity contribution >= 4 is 39.0 Å². The number of aryl methyl sites for hydroxylation is 1. The van der Waals surface area contributed by atoms with Gasteiger partial charge in [-0.15, -0.1) is 28.1 Å². The molecule has 0 saturated heterocycles. The first-order chi connectivity index (χ1) is 15.1. The van der Waals surface area contributed by atoms with Crippen LogP contribution in [-0.2, 0) is 18.9 Å². The summed E-state index contributed by atoms with van der Waals surface area (Å²) in [5.74, 6) is 2.28. The van der Waals surface area contributed by atoms with Crippen LogP contribution in [0.1, 0.15) is 17.1 Å². The van der Waals surface area contributed by atoms with Crippen molar-refractivity contribution in [3.63, 3.8) is 0 Å². The van der Waals surface area contributed by atoms with E-state index in [1.54, 1.807) is 23.1 Å². The second-order valence-corrected chi connectivity index (χ2v) is 9.56. The van der Waals surface area contributed by atoms with Crippen LogP contribution in [-0.4, -0.2) is 19.7 Å². The van der Waals surface area contributed by atoms with Crippen molar-refractivity contribution in [2.75, 3.05) is 0 Å². The Morgan fingerprint density at radius 3 is 2.65 bits per heavy atom. The largest absolute Gasteiger partial charge is 0.486 e. The Labute approximate surface area is 198 Å². The minimum atomic E-state index is 0.345. The molecule has 0 saturated carbocycles. The molecule has 158 valence electrons. The quantitative estimate of drug-likeness (QED) is 0.188. The predicted molar refractivity (Wildman–Crippen MR) is 131 cm³/mol. The highest BCUT2D eigenvalue weighted by Gasteiger charge is 2.14. The first-order valence-corrected chi connectivity index (χ1v) is 12.3. The van der Waals surface area contributed by atoms with Gasteiger partial charge in [0.2, 0.25) is 0 Å². The third kappa shape index (κ3) is 5.64. The predicted octanol–water partition coefficient (Wildman–Crippen LogP) is 6.53. The monoisotopic (exact) mass is 512 g/mol. The molecular weight excluding hydrogens is 492 g/mol. The lowest BCUT2D eigenvalue weighted by molar-refractivity contribution is 0.289. The molecule has 0 radical (unpaired) electrons. The van der Waals surface area contributed by atoms with Crippen LogP contribution in [0.5, 0.6) is 5.75 Å². The van der Waals surface area contributed by atoms with Crippen LogP contribution in [0.4, 0.5) is 0 Å². The second kappa shape index (κ2) is 10.3. The van der Waals surface area contributed by atoms with Crippen molar-refractivity contribution in [2.24, 2.45) is 0 Å². The number of benzene rings is 2. The van der Waals surface area contributed by atoms with Crippen molar-refractivity contribution in [3.8, 4) is 16.3 Å². The maximum atomic E-state index is 5.87. The van der Waals surface area contributed by atoms with E-state index >= 15 is 0 Å². The lowest BCUT2D eigenvalue weighted by atomic mass is 10.2. The van der Waals surface area contributed by atoms with Gasteiger partial charge in [0.15, 0.2) is 11.0 Å². The van der Waals surface area contributed by atoms with Crippen LogP contribution < -0.4 is 4.74 Å². The first kappa shape index (κ1) is 21.8. The average molecular weight is 513 g/mol. The van der Waals surface area contributed by atoms with Crippen LogP contribution in [0.3, 0.4) is 0 Å². The Morgan fingerprint density at radius 2 is 1.90 bits per heavy atom. The normalized spacial score (nSPS) is 10.9. The maximum Gasteiger partial charge on any atom is 0.191 e. The zero-order chi connectivity index (χ0) is 21.6. The number of thiazole rings is 1. The standard InChI is InChI=1S/C23H21BrN4OS2/c1-3-12-28-21(13-29-20-10-8-18(24)9-11-20)26-27-23(28)31-15-19-14-30-22(25-19)17-6-4-16(2)5-7-17/h3-11,14H,1,12-13,15H2,2H3. The number of aromatic nitrogens is 4. The Bertz CT molecular complexity index is 1150. The van der Waals surface area contributed by atoms with Crippen LogP contribution in [0.25, 0.3) is 10.6 Å². The van der Waals surface area contributed by atoms with Gasteiger partial charge in [0.05, 0.1) is 5.69 Å². The molecule has 0 atom stereocenters. The number of ether oxygens (including phenoxy) is 1. The molecule has 0 bridgehead atoms. The van der Waals surface area contributed by atoms with Gasteiger partial charge in [0.1, 0.15) is 17.4 Å². The fourth-order valence-corrected chi connectivity index (χ4v) is 4.92. The molecule has 0 aliphatic carbocycles. The van der Waals surface area contributed by atoms with Gasteiger partial charge in [-0.25, -0.2) is 4.98 Å². The van der Waals surface area contributed by atoms with Crippen molar-refractivity contribution in [1.29, 1.82) is 0 Å². The minimum Gasteiger partial charge on any atom is -0.486 e. The molecule has 0 unspecified atom stereocenters. The molecule has 4 aromatic rings. The van der Waals surface area contributed by atoms with Gasteiger partial charge < -0.3 is 4.74 Å². The SMILES string of the molecule is C=CCn1c(COc2ccc(Br)cc2)nnc1SCc1csc(-c2ccc(C)cc2)n1. The highest BCUT2D eigenvalue weighted by molar-refractivity contribution is 9.10. The van der Waals surface area contributed by atoms with Crippen LogP contribution in [0, 0.1) is 6.92 Å². The number of thioether (sulfide) groups is 1. The second-order valence-electron chi connectivity index (χ2n) is 6.84. The molecular formula is C23H21BrN4OS2. The summed E-state index contributed by atoms with van der Waals surface area (Å²) < 4.78 is 8.92. The van der Waals surface area contributed by atoms with Crippen molar-refractivity contribution in [2.45, 2.75) is 31.0 Å². The summed E-state index contributed by atoms with van der Waals surface area (Å²) in [5, 5.41) is 12.7. The zero-order valence-electron chi connectivity index (χ0n) is 17.0. The fraction of sp³-hybridized carbons (Fsp3) is 0.174. The molecule has 0 fully saturated rings. The summed E-state index contributed by atoms with van der Waals surface area (Å²) in [5.41, 5.74) is 3.43. The zero-order valence-corrected chi connectivity index (χ0v) is 20.2.